The standard InChI is InChI=1S/C4H9N3O2.C2H4O3/c1-7(4(5)6)2-3(8)9;3-1-2(4)5/h2H2,1H3,(H3,5,6)(H,8,9);3H,1H2,(H,4,5). The molecular weight excluding hydrogens is 194 g/mol. The average Bonchev–Trinajstić information content (AvgIpc) is 2.04. The maximum Gasteiger partial charge on any atom is 0.329 e. The summed E-state index contributed by atoms with van der Waals surface area (Å²) < 4.78 is 0. The van der Waals surface area contributed by atoms with E-state index in [9.17, 15) is 4.79 Å². The summed E-state index contributed by atoms with van der Waals surface area (Å²) in [5, 5.41) is 29.9. The van der Waals surface area contributed by atoms with E-state index in [4.69, 9.17) is 31.3 Å². The van der Waals surface area contributed by atoms with Crippen molar-refractivity contribution in [1.82, 2.24) is 4.90 Å². The second-order valence-corrected chi connectivity index (χ2v) is 2.19. The second-order valence-electron chi connectivity index (χ2n) is 2.19. The fraction of sp³-hybridized carbons (Fsp3) is 0.500. The zero-order chi connectivity index (χ0) is 11.7. The minimum Gasteiger partial charge on any atom is -0.480 e. The van der Waals surface area contributed by atoms with Gasteiger partial charge in [0.05, 0.1) is 0 Å². The summed E-state index contributed by atoms with van der Waals surface area (Å²) in [6.45, 7) is -1.00. The number of aliphatic carboxylic acids is 2. The van der Waals surface area contributed by atoms with Crippen LogP contribution in [0.15, 0.2) is 0 Å². The molecule has 0 aliphatic carbocycles. The van der Waals surface area contributed by atoms with E-state index in [0.29, 0.717) is 0 Å². The van der Waals surface area contributed by atoms with Gasteiger partial charge in [-0.15, -0.1) is 0 Å². The number of hydrogen-bond acceptors (Lipinski definition) is 4. The number of guanidine groups is 1. The Hall–Kier alpha value is -1.83. The lowest BCUT2D eigenvalue weighted by Crippen LogP contribution is -2.36. The largest absolute Gasteiger partial charge is 0.480 e. The molecule has 14 heavy (non-hydrogen) atoms. The molecule has 8 nitrogen and oxygen atoms in total. The molecule has 0 spiro atoms. The Kier molecular flexibility index (Phi) is 8.18. The van der Waals surface area contributed by atoms with E-state index in [0.717, 1.165) is 4.90 Å². The fourth-order valence-electron chi connectivity index (χ4n) is 0.288. The van der Waals surface area contributed by atoms with Crippen molar-refractivity contribution in [3.05, 3.63) is 0 Å². The Labute approximate surface area is 80.1 Å². The minimum absolute atomic E-state index is 0.227. The van der Waals surface area contributed by atoms with E-state index in [1.165, 1.54) is 7.05 Å². The van der Waals surface area contributed by atoms with Gasteiger partial charge in [-0.1, -0.05) is 0 Å². The first-order valence-electron chi connectivity index (χ1n) is 3.40. The number of carbonyl (C=O) groups is 2. The van der Waals surface area contributed by atoms with Crippen LogP contribution in [0.5, 0.6) is 0 Å². The Balaban J connectivity index is 0. The Morgan fingerprint density at radius 3 is 1.79 bits per heavy atom. The average molecular weight is 207 g/mol. The van der Waals surface area contributed by atoms with Crippen molar-refractivity contribution < 1.29 is 24.9 Å². The van der Waals surface area contributed by atoms with E-state index >= 15 is 0 Å². The molecule has 0 atom stereocenters. The number of hydrogen-bond donors (Lipinski definition) is 5. The van der Waals surface area contributed by atoms with Crippen LogP contribution in [0.1, 0.15) is 0 Å². The van der Waals surface area contributed by atoms with Gasteiger partial charge in [0, 0.05) is 7.05 Å². The number of nitrogens with zero attached hydrogens (tertiary/aromatic N) is 1. The normalized spacial score (nSPS) is 8.14. The second kappa shape index (κ2) is 7.80. The summed E-state index contributed by atoms with van der Waals surface area (Å²) in [4.78, 5) is 20.2. The summed E-state index contributed by atoms with van der Waals surface area (Å²) >= 11 is 0. The summed E-state index contributed by atoms with van der Waals surface area (Å²) in [6, 6.07) is 0. The predicted octanol–water partition coefficient (Wildman–Crippen LogP) is -2.04. The van der Waals surface area contributed by atoms with Crippen molar-refractivity contribution in [2.24, 2.45) is 5.73 Å². The molecule has 82 valence electrons. The third kappa shape index (κ3) is 12.8. The van der Waals surface area contributed by atoms with Crippen LogP contribution >= 0.6 is 0 Å². The smallest absolute Gasteiger partial charge is 0.329 e. The van der Waals surface area contributed by atoms with Crippen LogP contribution in [0.3, 0.4) is 0 Å². The maximum absolute atomic E-state index is 9.92. The quantitative estimate of drug-likeness (QED) is 0.264. The van der Waals surface area contributed by atoms with Crippen LogP contribution in [0.2, 0.25) is 0 Å². The SMILES string of the molecule is CN(CC(=O)O)C(=N)N.O=C(O)CO. The molecule has 0 unspecified atom stereocenters. The zero-order valence-corrected chi connectivity index (χ0v) is 7.60. The summed E-state index contributed by atoms with van der Waals surface area (Å²) in [5.74, 6) is -2.42. The third-order valence-electron chi connectivity index (χ3n) is 0.919. The number of nitrogens with two attached hydrogens (primary N) is 1. The van der Waals surface area contributed by atoms with E-state index in [1.54, 1.807) is 0 Å². The first kappa shape index (κ1) is 14.7. The lowest BCUT2D eigenvalue weighted by Gasteiger charge is -2.12. The van der Waals surface area contributed by atoms with Crippen molar-refractivity contribution in [2.45, 2.75) is 0 Å². The number of nitrogens with one attached hydrogen (secondary N) is 1. The van der Waals surface area contributed by atoms with Crippen LogP contribution in [0, 0.1) is 5.41 Å². The topological polar surface area (TPSA) is 148 Å². The van der Waals surface area contributed by atoms with Gasteiger partial charge in [-0.3, -0.25) is 10.2 Å². The van der Waals surface area contributed by atoms with Crippen molar-refractivity contribution in [3.63, 3.8) is 0 Å². The molecule has 0 rings (SSSR count). The van der Waals surface area contributed by atoms with Gasteiger partial charge in [-0.2, -0.15) is 0 Å². The van der Waals surface area contributed by atoms with Crippen molar-refractivity contribution in [2.75, 3.05) is 20.2 Å². The van der Waals surface area contributed by atoms with E-state index in [-0.39, 0.29) is 12.5 Å². The number of carboxylic acid groups (broad SMARTS) is 2. The molecule has 0 bridgehead atoms. The van der Waals surface area contributed by atoms with E-state index in [1.807, 2.05) is 0 Å². The molecule has 0 aliphatic rings. The molecule has 0 fully saturated rings. The summed E-state index contributed by atoms with van der Waals surface area (Å²) in [6.07, 6.45) is 0. The van der Waals surface area contributed by atoms with Crippen LogP contribution in [-0.2, 0) is 9.59 Å². The predicted molar refractivity (Wildman–Crippen MR) is 46.9 cm³/mol. The highest BCUT2D eigenvalue weighted by Crippen LogP contribution is 1.76. The maximum atomic E-state index is 9.92. The van der Waals surface area contributed by atoms with Gasteiger partial charge in [0.1, 0.15) is 13.2 Å². The van der Waals surface area contributed by atoms with Crippen molar-refractivity contribution in [1.29, 1.82) is 5.41 Å². The molecule has 0 aromatic heterocycles. The van der Waals surface area contributed by atoms with Gasteiger partial charge in [-0.05, 0) is 0 Å². The molecule has 0 radical (unpaired) electrons. The van der Waals surface area contributed by atoms with E-state index in [2.05, 4.69) is 0 Å². The number of aliphatic hydroxyl groups is 1. The van der Waals surface area contributed by atoms with E-state index < -0.39 is 18.5 Å². The summed E-state index contributed by atoms with van der Waals surface area (Å²) in [7, 11) is 1.44. The molecule has 0 aliphatic heterocycles. The summed E-state index contributed by atoms with van der Waals surface area (Å²) in [5.41, 5.74) is 4.93. The first-order valence-corrected chi connectivity index (χ1v) is 3.40. The zero-order valence-electron chi connectivity index (χ0n) is 7.60. The molecule has 0 amide bonds. The Morgan fingerprint density at radius 1 is 1.36 bits per heavy atom. The van der Waals surface area contributed by atoms with Crippen molar-refractivity contribution >= 4 is 17.9 Å². The minimum atomic E-state index is -1.19. The van der Waals surface area contributed by atoms with Crippen molar-refractivity contribution in [3.8, 4) is 0 Å². The molecule has 0 saturated heterocycles. The van der Waals surface area contributed by atoms with Gasteiger partial charge in [0.2, 0.25) is 0 Å². The fourth-order valence-corrected chi connectivity index (χ4v) is 0.288. The number of carboxylic acids is 2. The first-order chi connectivity index (χ1) is 6.31. The van der Waals surface area contributed by atoms with Crippen LogP contribution in [0.4, 0.5) is 0 Å². The molecule has 6 N–H and O–H groups in total. The Morgan fingerprint density at radius 2 is 1.71 bits per heavy atom. The molecule has 0 saturated carbocycles. The van der Waals surface area contributed by atoms with Gasteiger partial charge >= 0.3 is 11.9 Å². The van der Waals surface area contributed by atoms with Gasteiger partial charge in [-0.25, -0.2) is 4.79 Å². The molecular formula is C6H13N3O5. The van der Waals surface area contributed by atoms with Gasteiger partial charge < -0.3 is 26.0 Å². The third-order valence-corrected chi connectivity index (χ3v) is 0.919. The highest BCUT2D eigenvalue weighted by atomic mass is 16.4. The Bertz CT molecular complexity index is 218. The lowest BCUT2D eigenvalue weighted by atomic mass is 10.6. The van der Waals surface area contributed by atoms with Crippen LogP contribution in [0.25, 0.3) is 0 Å². The molecule has 0 aromatic carbocycles. The monoisotopic (exact) mass is 207 g/mol. The van der Waals surface area contributed by atoms with Crippen LogP contribution < -0.4 is 5.73 Å². The number of rotatable bonds is 3. The number of likely N-dealkylation sites (N-methyl/N-ethyl adjacent to an activating group) is 1. The highest BCUT2D eigenvalue weighted by Gasteiger charge is 2.03. The molecule has 0 heterocycles. The van der Waals surface area contributed by atoms with Gasteiger partial charge in [0.25, 0.3) is 0 Å². The van der Waals surface area contributed by atoms with Crippen LogP contribution in [-0.4, -0.2) is 58.3 Å². The molecule has 8 heteroatoms. The highest BCUT2D eigenvalue weighted by molar-refractivity contribution is 5.79. The molecule has 0 aromatic rings. The lowest BCUT2D eigenvalue weighted by molar-refractivity contribution is -0.140. The van der Waals surface area contributed by atoms with Gasteiger partial charge in [0.15, 0.2) is 5.96 Å². The number of aliphatic hydroxyl groups excluding tert-OH is 1.